The van der Waals surface area contributed by atoms with Gasteiger partial charge in [0.25, 0.3) is 0 Å². The van der Waals surface area contributed by atoms with Crippen LogP contribution >= 0.6 is 11.6 Å². The average molecular weight is 337 g/mol. The van der Waals surface area contributed by atoms with Gasteiger partial charge in [-0.2, -0.15) is 0 Å². The third kappa shape index (κ3) is 4.24. The number of halogens is 1. The lowest BCUT2D eigenvalue weighted by Crippen LogP contribution is -2.42. The Labute approximate surface area is 140 Å². The van der Waals surface area contributed by atoms with E-state index in [0.717, 1.165) is 12.0 Å². The lowest BCUT2D eigenvalue weighted by molar-refractivity contribution is -0.138. The van der Waals surface area contributed by atoms with Crippen LogP contribution in [0.1, 0.15) is 12.0 Å². The van der Waals surface area contributed by atoms with Crippen molar-refractivity contribution >= 4 is 23.4 Å². The second-order valence-electron chi connectivity index (χ2n) is 6.06. The summed E-state index contributed by atoms with van der Waals surface area (Å²) in [5.41, 5.74) is 1.09. The number of nitrogens with one attached hydrogen (secondary N) is 1. The minimum Gasteiger partial charge on any atom is -0.378 e. The largest absolute Gasteiger partial charge is 0.378 e. The van der Waals surface area contributed by atoms with E-state index < -0.39 is 0 Å². The van der Waals surface area contributed by atoms with Gasteiger partial charge in [-0.15, -0.1) is 0 Å². The number of morpholine rings is 1. The van der Waals surface area contributed by atoms with Crippen LogP contribution < -0.4 is 5.32 Å². The molecule has 2 fully saturated rings. The number of benzene rings is 1. The molecule has 1 aromatic carbocycles. The van der Waals surface area contributed by atoms with E-state index in [1.165, 1.54) is 0 Å². The van der Waals surface area contributed by atoms with Crippen LogP contribution in [-0.4, -0.2) is 49.6 Å². The molecular weight excluding hydrogens is 316 g/mol. The van der Waals surface area contributed by atoms with Gasteiger partial charge in [-0.1, -0.05) is 23.7 Å². The first kappa shape index (κ1) is 16.3. The molecule has 2 unspecified atom stereocenters. The van der Waals surface area contributed by atoms with Crippen LogP contribution in [-0.2, 0) is 20.7 Å². The summed E-state index contributed by atoms with van der Waals surface area (Å²) in [4.78, 5) is 26.2. The molecule has 1 aromatic rings. The van der Waals surface area contributed by atoms with E-state index >= 15 is 0 Å². The van der Waals surface area contributed by atoms with Gasteiger partial charge in [0.05, 0.1) is 25.0 Å². The summed E-state index contributed by atoms with van der Waals surface area (Å²) < 4.78 is 5.25. The molecule has 1 N–H and O–H groups in total. The fourth-order valence-corrected chi connectivity index (χ4v) is 3.14. The summed E-state index contributed by atoms with van der Waals surface area (Å²) in [7, 11) is 0. The van der Waals surface area contributed by atoms with Crippen molar-refractivity contribution in [3.8, 4) is 0 Å². The van der Waals surface area contributed by atoms with Crippen LogP contribution in [0.3, 0.4) is 0 Å². The number of nitrogens with zero attached hydrogens (tertiary/aromatic N) is 1. The average Bonchev–Trinajstić information content (AvgIpc) is 3.36. The molecule has 0 radical (unpaired) electrons. The highest BCUT2D eigenvalue weighted by Crippen LogP contribution is 2.40. The van der Waals surface area contributed by atoms with Crippen molar-refractivity contribution in [2.45, 2.75) is 12.8 Å². The van der Waals surface area contributed by atoms with Crippen molar-refractivity contribution < 1.29 is 14.3 Å². The molecule has 0 spiro atoms. The van der Waals surface area contributed by atoms with Gasteiger partial charge in [-0.25, -0.2) is 0 Å². The zero-order chi connectivity index (χ0) is 16.2. The van der Waals surface area contributed by atoms with Crippen LogP contribution in [0.5, 0.6) is 0 Å². The highest BCUT2D eigenvalue weighted by atomic mass is 35.5. The lowest BCUT2D eigenvalue weighted by Gasteiger charge is -2.27. The van der Waals surface area contributed by atoms with Crippen molar-refractivity contribution in [3.05, 3.63) is 34.9 Å². The fourth-order valence-electron chi connectivity index (χ4n) is 2.93. The Morgan fingerprint density at radius 1 is 1.26 bits per heavy atom. The number of ether oxygens (including phenoxy) is 1. The van der Waals surface area contributed by atoms with Crippen molar-refractivity contribution in [1.82, 2.24) is 10.2 Å². The number of amides is 2. The van der Waals surface area contributed by atoms with Crippen LogP contribution in [0, 0.1) is 11.8 Å². The van der Waals surface area contributed by atoms with Crippen molar-refractivity contribution in [2.24, 2.45) is 11.8 Å². The van der Waals surface area contributed by atoms with Gasteiger partial charge < -0.3 is 15.0 Å². The Hall–Kier alpha value is -1.59. The minimum absolute atomic E-state index is 0.0152. The first-order valence-corrected chi connectivity index (χ1v) is 8.41. The van der Waals surface area contributed by atoms with Gasteiger partial charge >= 0.3 is 0 Å². The van der Waals surface area contributed by atoms with E-state index in [4.69, 9.17) is 16.3 Å². The summed E-state index contributed by atoms with van der Waals surface area (Å²) in [6, 6.07) is 7.61. The van der Waals surface area contributed by atoms with Gasteiger partial charge in [0.1, 0.15) is 0 Å². The molecule has 1 heterocycles. The van der Waals surface area contributed by atoms with Crippen molar-refractivity contribution in [1.29, 1.82) is 0 Å². The predicted molar refractivity (Wildman–Crippen MR) is 87.2 cm³/mol. The van der Waals surface area contributed by atoms with E-state index in [9.17, 15) is 9.59 Å². The summed E-state index contributed by atoms with van der Waals surface area (Å²) in [6.07, 6.45) is 1.40. The Morgan fingerprint density at radius 2 is 2.04 bits per heavy atom. The summed E-state index contributed by atoms with van der Waals surface area (Å²) in [5, 5.41) is 3.62. The summed E-state index contributed by atoms with van der Waals surface area (Å²) in [5.74, 6) is -0.217. The Balaban J connectivity index is 1.40. The highest BCUT2D eigenvalue weighted by Gasteiger charge is 2.49. The molecule has 124 valence electrons. The van der Waals surface area contributed by atoms with E-state index in [1.54, 1.807) is 0 Å². The SMILES string of the molecule is O=C(NCCc1cccc(Cl)c1)C1CC1C(=O)N1CCOCC1. The minimum atomic E-state index is -0.162. The molecule has 2 aliphatic rings. The maximum absolute atomic E-state index is 12.3. The van der Waals surface area contributed by atoms with E-state index in [1.807, 2.05) is 29.2 Å². The molecule has 1 aliphatic carbocycles. The zero-order valence-electron chi connectivity index (χ0n) is 13.0. The predicted octanol–water partition coefficient (Wildman–Crippen LogP) is 1.49. The molecule has 1 saturated carbocycles. The number of carbonyl (C=O) groups is 2. The molecule has 2 amide bonds. The van der Waals surface area contributed by atoms with E-state index in [0.29, 0.717) is 44.3 Å². The number of carbonyl (C=O) groups excluding carboxylic acids is 2. The molecular formula is C17H21ClN2O3. The lowest BCUT2D eigenvalue weighted by atomic mass is 10.1. The van der Waals surface area contributed by atoms with Crippen LogP contribution in [0.25, 0.3) is 0 Å². The normalized spacial score (nSPS) is 23.4. The first-order chi connectivity index (χ1) is 11.1. The van der Waals surface area contributed by atoms with Crippen LogP contribution in [0.15, 0.2) is 24.3 Å². The quantitative estimate of drug-likeness (QED) is 0.886. The van der Waals surface area contributed by atoms with E-state index in [2.05, 4.69) is 5.32 Å². The fraction of sp³-hybridized carbons (Fsp3) is 0.529. The Kier molecular flexibility index (Phi) is 5.18. The molecule has 0 aromatic heterocycles. The van der Waals surface area contributed by atoms with Crippen LogP contribution in [0.2, 0.25) is 5.02 Å². The van der Waals surface area contributed by atoms with Gasteiger partial charge in [0.15, 0.2) is 0 Å². The first-order valence-electron chi connectivity index (χ1n) is 8.04. The highest BCUT2D eigenvalue weighted by molar-refractivity contribution is 6.30. The monoisotopic (exact) mass is 336 g/mol. The summed E-state index contributed by atoms with van der Waals surface area (Å²) >= 11 is 5.94. The van der Waals surface area contributed by atoms with E-state index in [-0.39, 0.29) is 23.7 Å². The standard InChI is InChI=1S/C17H21ClN2O3/c18-13-3-1-2-12(10-13)4-5-19-16(21)14-11-15(14)17(22)20-6-8-23-9-7-20/h1-3,10,14-15H,4-9,11H2,(H,19,21). The Morgan fingerprint density at radius 3 is 2.78 bits per heavy atom. The maximum atomic E-state index is 12.3. The van der Waals surface area contributed by atoms with Gasteiger partial charge in [-0.3, -0.25) is 9.59 Å². The zero-order valence-corrected chi connectivity index (χ0v) is 13.7. The second kappa shape index (κ2) is 7.32. The third-order valence-electron chi connectivity index (χ3n) is 4.37. The van der Waals surface area contributed by atoms with Gasteiger partial charge in [0, 0.05) is 24.7 Å². The molecule has 23 heavy (non-hydrogen) atoms. The van der Waals surface area contributed by atoms with Crippen molar-refractivity contribution in [3.63, 3.8) is 0 Å². The molecule has 3 rings (SSSR count). The molecule has 6 heteroatoms. The molecule has 0 bridgehead atoms. The van der Waals surface area contributed by atoms with Crippen LogP contribution in [0.4, 0.5) is 0 Å². The molecule has 5 nitrogen and oxygen atoms in total. The number of hydrogen-bond donors (Lipinski definition) is 1. The Bertz CT molecular complexity index is 587. The molecule has 1 aliphatic heterocycles. The van der Waals surface area contributed by atoms with Crippen molar-refractivity contribution in [2.75, 3.05) is 32.8 Å². The molecule has 2 atom stereocenters. The third-order valence-corrected chi connectivity index (χ3v) is 4.60. The summed E-state index contributed by atoms with van der Waals surface area (Å²) in [6.45, 7) is 3.02. The van der Waals surface area contributed by atoms with Gasteiger partial charge in [-0.05, 0) is 30.5 Å². The van der Waals surface area contributed by atoms with Gasteiger partial charge in [0.2, 0.25) is 11.8 Å². The number of rotatable bonds is 5. The number of hydrogen-bond acceptors (Lipinski definition) is 3. The molecule has 1 saturated heterocycles. The second-order valence-corrected chi connectivity index (χ2v) is 6.49. The topological polar surface area (TPSA) is 58.6 Å². The maximum Gasteiger partial charge on any atom is 0.226 e. The smallest absolute Gasteiger partial charge is 0.226 e.